The second-order valence-electron chi connectivity index (χ2n) is 7.00. The molecule has 0 bridgehead atoms. The van der Waals surface area contributed by atoms with E-state index < -0.39 is 5.97 Å². The second kappa shape index (κ2) is 8.51. The van der Waals surface area contributed by atoms with Gasteiger partial charge in [-0.15, -0.1) is 0 Å². The Labute approximate surface area is 152 Å². The van der Waals surface area contributed by atoms with Crippen molar-refractivity contribution in [3.8, 4) is 5.75 Å². The molecule has 2 aromatic rings. The number of carbonyl (C=O) groups is 2. The highest BCUT2D eigenvalue weighted by atomic mass is 16.5. The fourth-order valence-electron chi connectivity index (χ4n) is 2.13. The van der Waals surface area contributed by atoms with Crippen LogP contribution in [-0.4, -0.2) is 28.7 Å². The Morgan fingerprint density at radius 2 is 1.92 bits per heavy atom. The molecule has 7 nitrogen and oxygen atoms in total. The van der Waals surface area contributed by atoms with Crippen molar-refractivity contribution >= 4 is 11.9 Å². The highest BCUT2D eigenvalue weighted by molar-refractivity contribution is 5.92. The van der Waals surface area contributed by atoms with E-state index >= 15 is 0 Å². The minimum atomic E-state index is -0.832. The van der Waals surface area contributed by atoms with Gasteiger partial charge in [0.25, 0.3) is 5.91 Å². The van der Waals surface area contributed by atoms with Gasteiger partial charge in [0.15, 0.2) is 5.69 Å². The lowest BCUT2D eigenvalue weighted by Crippen LogP contribution is -2.23. The molecular formula is C19H24N2O5. The fraction of sp³-hybridized carbons (Fsp3) is 0.421. The first kappa shape index (κ1) is 19.5. The van der Waals surface area contributed by atoms with E-state index in [1.165, 1.54) is 0 Å². The van der Waals surface area contributed by atoms with Crippen molar-refractivity contribution in [3.63, 3.8) is 0 Å². The number of carbonyl (C=O) groups excluding carboxylic acids is 1. The van der Waals surface area contributed by atoms with Crippen molar-refractivity contribution in [1.82, 2.24) is 10.5 Å². The number of amides is 1. The van der Waals surface area contributed by atoms with Crippen LogP contribution in [0.4, 0.5) is 0 Å². The fourth-order valence-corrected chi connectivity index (χ4v) is 2.13. The van der Waals surface area contributed by atoms with E-state index in [9.17, 15) is 9.59 Å². The highest BCUT2D eigenvalue weighted by Crippen LogP contribution is 2.22. The molecular weight excluding hydrogens is 336 g/mol. The molecule has 0 aliphatic carbocycles. The molecule has 0 spiro atoms. The number of benzene rings is 1. The Morgan fingerprint density at radius 3 is 2.50 bits per heavy atom. The maximum atomic E-state index is 12.1. The van der Waals surface area contributed by atoms with E-state index in [4.69, 9.17) is 14.4 Å². The summed E-state index contributed by atoms with van der Waals surface area (Å²) in [5.41, 5.74) is 0.968. The number of carboxylic acids is 1. The minimum Gasteiger partial charge on any atom is -0.494 e. The Bertz CT molecular complexity index is 744. The molecule has 0 atom stereocenters. The van der Waals surface area contributed by atoms with Gasteiger partial charge in [0, 0.05) is 24.4 Å². The van der Waals surface area contributed by atoms with E-state index in [1.54, 1.807) is 18.2 Å². The van der Waals surface area contributed by atoms with Crippen molar-refractivity contribution in [1.29, 1.82) is 0 Å². The average Bonchev–Trinajstić information content (AvgIpc) is 3.08. The second-order valence-corrected chi connectivity index (χ2v) is 7.00. The average molecular weight is 360 g/mol. The summed E-state index contributed by atoms with van der Waals surface area (Å²) in [5.74, 6) is 0.198. The Morgan fingerprint density at radius 1 is 1.23 bits per heavy atom. The van der Waals surface area contributed by atoms with E-state index in [2.05, 4.69) is 10.5 Å². The molecule has 1 aromatic carbocycles. The number of ether oxygens (including phenoxy) is 1. The third-order valence-corrected chi connectivity index (χ3v) is 3.66. The largest absolute Gasteiger partial charge is 0.494 e. The number of aliphatic carboxylic acids is 1. The first-order valence-corrected chi connectivity index (χ1v) is 8.44. The number of aromatic nitrogens is 1. The smallest absolute Gasteiger partial charge is 0.303 e. The summed E-state index contributed by atoms with van der Waals surface area (Å²) >= 11 is 0. The van der Waals surface area contributed by atoms with Gasteiger partial charge in [0.2, 0.25) is 0 Å². The zero-order valence-electron chi connectivity index (χ0n) is 15.2. The van der Waals surface area contributed by atoms with E-state index in [-0.39, 0.29) is 23.4 Å². The normalized spacial score (nSPS) is 11.2. The SMILES string of the molecule is CC(C)(C)c1cc(C(=O)NCc2ccc(OCCCC(=O)O)cc2)no1. The first-order chi connectivity index (χ1) is 12.3. The molecule has 0 saturated carbocycles. The molecule has 0 unspecified atom stereocenters. The highest BCUT2D eigenvalue weighted by Gasteiger charge is 2.21. The van der Waals surface area contributed by atoms with Gasteiger partial charge >= 0.3 is 5.97 Å². The molecule has 0 fully saturated rings. The predicted molar refractivity (Wildman–Crippen MR) is 95.2 cm³/mol. The predicted octanol–water partition coefficient (Wildman–Crippen LogP) is 3.15. The van der Waals surface area contributed by atoms with Gasteiger partial charge in [-0.3, -0.25) is 9.59 Å². The molecule has 2 rings (SSSR count). The zero-order valence-corrected chi connectivity index (χ0v) is 15.2. The molecule has 1 amide bonds. The van der Waals surface area contributed by atoms with E-state index in [0.717, 1.165) is 5.56 Å². The third-order valence-electron chi connectivity index (χ3n) is 3.66. The Kier molecular flexibility index (Phi) is 6.38. The number of carboxylic acid groups (broad SMARTS) is 1. The van der Waals surface area contributed by atoms with Crippen molar-refractivity contribution in [2.75, 3.05) is 6.61 Å². The van der Waals surface area contributed by atoms with Crippen LogP contribution in [0.1, 0.15) is 55.4 Å². The summed E-state index contributed by atoms with van der Waals surface area (Å²) in [4.78, 5) is 22.6. The van der Waals surface area contributed by atoms with Gasteiger partial charge in [0.05, 0.1) is 6.61 Å². The van der Waals surface area contributed by atoms with E-state index in [1.807, 2.05) is 32.9 Å². The Balaban J connectivity index is 1.81. The summed E-state index contributed by atoms with van der Waals surface area (Å²) < 4.78 is 10.7. The summed E-state index contributed by atoms with van der Waals surface area (Å²) in [6.45, 7) is 6.67. The van der Waals surface area contributed by atoms with Gasteiger partial charge < -0.3 is 19.7 Å². The lowest BCUT2D eigenvalue weighted by Gasteiger charge is -2.12. The van der Waals surface area contributed by atoms with Gasteiger partial charge in [-0.1, -0.05) is 38.1 Å². The summed E-state index contributed by atoms with van der Waals surface area (Å²) in [5, 5.41) is 15.2. The molecule has 26 heavy (non-hydrogen) atoms. The molecule has 0 aliphatic rings. The van der Waals surface area contributed by atoms with Crippen LogP contribution in [0.25, 0.3) is 0 Å². The van der Waals surface area contributed by atoms with Gasteiger partial charge in [-0.05, 0) is 24.1 Å². The molecule has 1 aromatic heterocycles. The van der Waals surface area contributed by atoms with Crippen LogP contribution in [0.15, 0.2) is 34.9 Å². The molecule has 0 saturated heterocycles. The van der Waals surface area contributed by atoms with Crippen molar-refractivity contribution in [2.24, 2.45) is 0 Å². The van der Waals surface area contributed by atoms with Crippen LogP contribution in [0.2, 0.25) is 0 Å². The standard InChI is InChI=1S/C19H24N2O5/c1-19(2,3)16-11-15(21-26-16)18(24)20-12-13-6-8-14(9-7-13)25-10-4-5-17(22)23/h6-9,11H,4-5,10,12H2,1-3H3,(H,20,24)(H,22,23). The quantitative estimate of drug-likeness (QED) is 0.701. The summed E-state index contributed by atoms with van der Waals surface area (Å²) in [7, 11) is 0. The van der Waals surface area contributed by atoms with Gasteiger partial charge in [0.1, 0.15) is 11.5 Å². The zero-order chi connectivity index (χ0) is 19.2. The van der Waals surface area contributed by atoms with Crippen LogP contribution in [-0.2, 0) is 16.8 Å². The van der Waals surface area contributed by atoms with Crippen molar-refractivity contribution < 1.29 is 24.0 Å². The van der Waals surface area contributed by atoms with Gasteiger partial charge in [-0.25, -0.2) is 0 Å². The maximum absolute atomic E-state index is 12.1. The van der Waals surface area contributed by atoms with Crippen LogP contribution in [0, 0.1) is 0 Å². The molecule has 0 aliphatic heterocycles. The Hall–Kier alpha value is -2.83. The molecule has 140 valence electrons. The number of rotatable bonds is 8. The molecule has 2 N–H and O–H groups in total. The number of nitrogens with zero attached hydrogens (tertiary/aromatic N) is 1. The van der Waals surface area contributed by atoms with Gasteiger partial charge in [-0.2, -0.15) is 0 Å². The lowest BCUT2D eigenvalue weighted by molar-refractivity contribution is -0.137. The first-order valence-electron chi connectivity index (χ1n) is 8.44. The molecule has 1 heterocycles. The van der Waals surface area contributed by atoms with Crippen LogP contribution >= 0.6 is 0 Å². The van der Waals surface area contributed by atoms with Crippen LogP contribution < -0.4 is 10.1 Å². The van der Waals surface area contributed by atoms with E-state index in [0.29, 0.717) is 31.1 Å². The number of nitrogens with one attached hydrogen (secondary N) is 1. The monoisotopic (exact) mass is 360 g/mol. The minimum absolute atomic E-state index is 0.0864. The molecule has 7 heteroatoms. The summed E-state index contributed by atoms with van der Waals surface area (Å²) in [6.07, 6.45) is 0.546. The topological polar surface area (TPSA) is 102 Å². The van der Waals surface area contributed by atoms with Crippen molar-refractivity contribution in [2.45, 2.75) is 45.6 Å². The number of hydrogen-bond acceptors (Lipinski definition) is 5. The lowest BCUT2D eigenvalue weighted by atomic mass is 9.93. The van der Waals surface area contributed by atoms with Crippen molar-refractivity contribution in [3.05, 3.63) is 47.3 Å². The number of hydrogen-bond donors (Lipinski definition) is 2. The molecule has 0 radical (unpaired) electrons. The summed E-state index contributed by atoms with van der Waals surface area (Å²) in [6, 6.07) is 8.92. The van der Waals surface area contributed by atoms with Crippen LogP contribution in [0.5, 0.6) is 5.75 Å². The van der Waals surface area contributed by atoms with Crippen LogP contribution in [0.3, 0.4) is 0 Å². The maximum Gasteiger partial charge on any atom is 0.303 e. The third kappa shape index (κ3) is 5.91.